The van der Waals surface area contributed by atoms with Crippen molar-refractivity contribution in [1.29, 1.82) is 0 Å². The number of rotatable bonds is 4. The fourth-order valence-electron chi connectivity index (χ4n) is 1.16. The minimum Gasteiger partial charge on any atom is -0.297 e. The lowest BCUT2D eigenvalue weighted by Crippen LogP contribution is -2.36. The van der Waals surface area contributed by atoms with E-state index in [4.69, 9.17) is 18.0 Å². The molecule has 5 heteroatoms. The second kappa shape index (κ2) is 5.17. The van der Waals surface area contributed by atoms with Gasteiger partial charge in [-0.25, -0.2) is 0 Å². The Balaban J connectivity index is 2.81. The lowest BCUT2D eigenvalue weighted by molar-refractivity contribution is -0.384. The molecule has 0 unspecified atom stereocenters. The first kappa shape index (κ1) is 13.5. The van der Waals surface area contributed by atoms with Crippen molar-refractivity contribution in [1.82, 2.24) is 5.32 Å². The Hall–Kier alpha value is -1.57. The van der Waals surface area contributed by atoms with Crippen molar-refractivity contribution in [2.24, 2.45) is 0 Å². The number of nitrogens with one attached hydrogen (secondary N) is 1. The SMILES string of the molecule is C#CC(C)(C)NCc1ccc([N+](=O)[O-])cc1Cl. The Morgan fingerprint density at radius 3 is 2.71 bits per heavy atom. The maximum Gasteiger partial charge on any atom is 0.270 e. The van der Waals surface area contributed by atoms with Gasteiger partial charge in [0.05, 0.1) is 15.5 Å². The van der Waals surface area contributed by atoms with E-state index in [2.05, 4.69) is 11.2 Å². The highest BCUT2D eigenvalue weighted by molar-refractivity contribution is 6.31. The molecule has 17 heavy (non-hydrogen) atoms. The summed E-state index contributed by atoms with van der Waals surface area (Å²) < 4.78 is 0. The largest absolute Gasteiger partial charge is 0.297 e. The Kier molecular flexibility index (Phi) is 4.11. The number of terminal acetylenes is 1. The molecule has 0 aliphatic carbocycles. The number of nitro benzene ring substituents is 1. The summed E-state index contributed by atoms with van der Waals surface area (Å²) in [5, 5.41) is 14.0. The molecular weight excluding hydrogens is 240 g/mol. The molecule has 1 aromatic carbocycles. The smallest absolute Gasteiger partial charge is 0.270 e. The molecule has 0 aliphatic rings. The summed E-state index contributed by atoms with van der Waals surface area (Å²) in [5.41, 5.74) is 0.320. The zero-order valence-electron chi connectivity index (χ0n) is 9.66. The number of non-ortho nitro benzene ring substituents is 1. The molecule has 4 nitrogen and oxygen atoms in total. The number of halogens is 1. The van der Waals surface area contributed by atoms with E-state index in [0.29, 0.717) is 11.6 Å². The second-order valence-corrected chi connectivity index (χ2v) is 4.56. The standard InChI is InChI=1S/C12H13ClN2O2/c1-4-12(2,3)14-8-9-5-6-10(15(16)17)7-11(9)13/h1,5-7,14H,8H2,2-3H3. The van der Waals surface area contributed by atoms with Crippen molar-refractivity contribution in [3.63, 3.8) is 0 Å². The number of hydrogen-bond donors (Lipinski definition) is 1. The quantitative estimate of drug-likeness (QED) is 0.509. The Bertz CT molecular complexity index is 478. The highest BCUT2D eigenvalue weighted by Gasteiger charge is 2.14. The summed E-state index contributed by atoms with van der Waals surface area (Å²) in [6.07, 6.45) is 5.34. The third kappa shape index (κ3) is 3.74. The van der Waals surface area contributed by atoms with Gasteiger partial charge in [-0.3, -0.25) is 15.4 Å². The third-order valence-electron chi connectivity index (χ3n) is 2.33. The van der Waals surface area contributed by atoms with Crippen LogP contribution in [0.3, 0.4) is 0 Å². The maximum absolute atomic E-state index is 10.5. The fourth-order valence-corrected chi connectivity index (χ4v) is 1.40. The van der Waals surface area contributed by atoms with Gasteiger partial charge < -0.3 is 0 Å². The van der Waals surface area contributed by atoms with Gasteiger partial charge in [-0.15, -0.1) is 6.42 Å². The van der Waals surface area contributed by atoms with Crippen LogP contribution in [0.5, 0.6) is 0 Å². The predicted octanol–water partition coefficient (Wildman–Crippen LogP) is 2.75. The molecule has 1 N–H and O–H groups in total. The first-order valence-corrected chi connectivity index (χ1v) is 5.39. The van der Waals surface area contributed by atoms with Crippen LogP contribution >= 0.6 is 11.6 Å². The number of nitrogens with zero attached hydrogens (tertiary/aromatic N) is 1. The molecule has 90 valence electrons. The molecule has 0 radical (unpaired) electrons. The van der Waals surface area contributed by atoms with Crippen LogP contribution in [0.4, 0.5) is 5.69 Å². The predicted molar refractivity (Wildman–Crippen MR) is 67.9 cm³/mol. The molecule has 0 saturated heterocycles. The average molecular weight is 253 g/mol. The van der Waals surface area contributed by atoms with Crippen molar-refractivity contribution >= 4 is 17.3 Å². The third-order valence-corrected chi connectivity index (χ3v) is 2.68. The van der Waals surface area contributed by atoms with E-state index in [1.165, 1.54) is 12.1 Å². The second-order valence-electron chi connectivity index (χ2n) is 4.16. The lowest BCUT2D eigenvalue weighted by atomic mass is 10.1. The normalized spacial score (nSPS) is 10.9. The van der Waals surface area contributed by atoms with Crippen LogP contribution in [0.25, 0.3) is 0 Å². The zero-order chi connectivity index (χ0) is 13.1. The van der Waals surface area contributed by atoms with Crippen LogP contribution in [-0.2, 0) is 6.54 Å². The van der Waals surface area contributed by atoms with Gasteiger partial charge in [0.1, 0.15) is 0 Å². The molecule has 0 amide bonds. The summed E-state index contributed by atoms with van der Waals surface area (Å²) in [7, 11) is 0. The molecule has 0 spiro atoms. The molecule has 0 saturated carbocycles. The minimum absolute atomic E-state index is 0.0186. The van der Waals surface area contributed by atoms with Gasteiger partial charge in [-0.2, -0.15) is 0 Å². The van der Waals surface area contributed by atoms with E-state index in [1.807, 2.05) is 13.8 Å². The molecule has 1 rings (SSSR count). The van der Waals surface area contributed by atoms with Gasteiger partial charge in [0.2, 0.25) is 0 Å². The van der Waals surface area contributed by atoms with E-state index >= 15 is 0 Å². The van der Waals surface area contributed by atoms with Gasteiger partial charge in [-0.05, 0) is 25.5 Å². The van der Waals surface area contributed by atoms with Crippen LogP contribution < -0.4 is 5.32 Å². The van der Waals surface area contributed by atoms with E-state index in [0.717, 1.165) is 5.56 Å². The van der Waals surface area contributed by atoms with Gasteiger partial charge in [0.15, 0.2) is 0 Å². The summed E-state index contributed by atoms with van der Waals surface area (Å²) in [6.45, 7) is 4.20. The van der Waals surface area contributed by atoms with Gasteiger partial charge in [-0.1, -0.05) is 17.5 Å². The van der Waals surface area contributed by atoms with Gasteiger partial charge in [0.25, 0.3) is 5.69 Å². The molecular formula is C12H13ClN2O2. The number of hydrogen-bond acceptors (Lipinski definition) is 3. The van der Waals surface area contributed by atoms with Gasteiger partial charge in [0, 0.05) is 18.7 Å². The highest BCUT2D eigenvalue weighted by atomic mass is 35.5. The first-order chi connectivity index (χ1) is 7.85. The summed E-state index contributed by atoms with van der Waals surface area (Å²) in [5.74, 6) is 2.60. The van der Waals surface area contributed by atoms with Crippen LogP contribution in [-0.4, -0.2) is 10.5 Å². The van der Waals surface area contributed by atoms with Gasteiger partial charge >= 0.3 is 0 Å². The summed E-state index contributed by atoms with van der Waals surface area (Å²) in [6, 6.07) is 4.38. The molecule has 0 fully saturated rings. The fraction of sp³-hybridized carbons (Fsp3) is 0.333. The van der Waals surface area contributed by atoms with Crippen molar-refractivity contribution in [2.75, 3.05) is 0 Å². The Morgan fingerprint density at radius 1 is 1.59 bits per heavy atom. The molecule has 0 aliphatic heterocycles. The Morgan fingerprint density at radius 2 is 2.24 bits per heavy atom. The van der Waals surface area contributed by atoms with Crippen molar-refractivity contribution in [3.05, 3.63) is 38.9 Å². The minimum atomic E-state index is -0.478. The topological polar surface area (TPSA) is 55.2 Å². The molecule has 0 atom stereocenters. The van der Waals surface area contributed by atoms with Crippen LogP contribution in [0, 0.1) is 22.5 Å². The Labute approximate surface area is 105 Å². The van der Waals surface area contributed by atoms with Crippen LogP contribution in [0.15, 0.2) is 18.2 Å². The van der Waals surface area contributed by atoms with Crippen molar-refractivity contribution in [2.45, 2.75) is 25.9 Å². The lowest BCUT2D eigenvalue weighted by Gasteiger charge is -2.19. The van der Waals surface area contributed by atoms with Crippen molar-refractivity contribution in [3.8, 4) is 12.3 Å². The molecule has 0 aromatic heterocycles. The first-order valence-electron chi connectivity index (χ1n) is 5.01. The van der Waals surface area contributed by atoms with Crippen LogP contribution in [0.2, 0.25) is 5.02 Å². The van der Waals surface area contributed by atoms with E-state index < -0.39 is 10.5 Å². The van der Waals surface area contributed by atoms with Crippen molar-refractivity contribution < 1.29 is 4.92 Å². The zero-order valence-corrected chi connectivity index (χ0v) is 10.4. The van der Waals surface area contributed by atoms with Crippen LogP contribution in [0.1, 0.15) is 19.4 Å². The maximum atomic E-state index is 10.5. The number of nitro groups is 1. The summed E-state index contributed by atoms with van der Waals surface area (Å²) >= 11 is 5.95. The molecule has 0 bridgehead atoms. The molecule has 1 aromatic rings. The molecule has 0 heterocycles. The average Bonchev–Trinajstić information content (AvgIpc) is 2.27. The highest BCUT2D eigenvalue weighted by Crippen LogP contribution is 2.22. The summed E-state index contributed by atoms with van der Waals surface area (Å²) in [4.78, 5) is 10.1. The van der Waals surface area contributed by atoms with E-state index in [-0.39, 0.29) is 5.69 Å². The number of benzene rings is 1. The monoisotopic (exact) mass is 252 g/mol. The van der Waals surface area contributed by atoms with E-state index in [9.17, 15) is 10.1 Å². The van der Waals surface area contributed by atoms with E-state index in [1.54, 1.807) is 6.07 Å².